The van der Waals surface area contributed by atoms with Gasteiger partial charge in [-0.15, -0.1) is 6.58 Å². The molecule has 1 N–H and O–H groups in total. The van der Waals surface area contributed by atoms with E-state index in [2.05, 4.69) is 6.58 Å². The summed E-state index contributed by atoms with van der Waals surface area (Å²) in [5.74, 6) is -0.316. The van der Waals surface area contributed by atoms with Gasteiger partial charge in [0.25, 0.3) is 0 Å². The topological polar surface area (TPSA) is 20.2 Å². The van der Waals surface area contributed by atoms with Crippen LogP contribution in [0.3, 0.4) is 0 Å². The highest BCUT2D eigenvalue weighted by molar-refractivity contribution is 5.28. The average molecular weight is 180 g/mol. The van der Waals surface area contributed by atoms with Gasteiger partial charge in [0, 0.05) is 0 Å². The first-order valence-electron chi connectivity index (χ1n) is 4.20. The summed E-state index contributed by atoms with van der Waals surface area (Å²) in [7, 11) is 0. The molecule has 0 radical (unpaired) electrons. The van der Waals surface area contributed by atoms with Crippen molar-refractivity contribution in [2.45, 2.75) is 19.4 Å². The second-order valence-corrected chi connectivity index (χ2v) is 3.04. The molecule has 1 rings (SSSR count). The van der Waals surface area contributed by atoms with E-state index in [0.717, 1.165) is 5.56 Å². The predicted molar refractivity (Wildman–Crippen MR) is 50.9 cm³/mol. The van der Waals surface area contributed by atoms with Crippen LogP contribution < -0.4 is 0 Å². The Bertz CT molecular complexity index is 307. The average Bonchev–Trinajstić information content (AvgIpc) is 2.09. The van der Waals surface area contributed by atoms with Crippen LogP contribution in [0.15, 0.2) is 30.9 Å². The summed E-state index contributed by atoms with van der Waals surface area (Å²) < 4.78 is 12.8. The molecule has 70 valence electrons. The molecule has 0 bridgehead atoms. The first-order valence-corrected chi connectivity index (χ1v) is 4.20. The molecule has 0 aliphatic rings. The van der Waals surface area contributed by atoms with Crippen LogP contribution in [0.25, 0.3) is 0 Å². The lowest BCUT2D eigenvalue weighted by atomic mass is 10.0. The van der Waals surface area contributed by atoms with E-state index in [9.17, 15) is 9.50 Å². The molecule has 13 heavy (non-hydrogen) atoms. The maximum absolute atomic E-state index is 12.8. The van der Waals surface area contributed by atoms with Gasteiger partial charge in [-0.2, -0.15) is 0 Å². The van der Waals surface area contributed by atoms with Crippen LogP contribution in [0.4, 0.5) is 4.39 Å². The van der Waals surface area contributed by atoms with Crippen molar-refractivity contribution in [2.24, 2.45) is 0 Å². The minimum atomic E-state index is -0.645. The molecular formula is C11H13FO. The van der Waals surface area contributed by atoms with E-state index >= 15 is 0 Å². The van der Waals surface area contributed by atoms with Crippen molar-refractivity contribution in [2.75, 3.05) is 0 Å². The highest BCUT2D eigenvalue weighted by Crippen LogP contribution is 2.21. The lowest BCUT2D eigenvalue weighted by Gasteiger charge is -2.11. The summed E-state index contributed by atoms with van der Waals surface area (Å²) in [6, 6.07) is 4.42. The Morgan fingerprint density at radius 1 is 1.62 bits per heavy atom. The first kappa shape index (κ1) is 9.93. The number of aliphatic hydroxyl groups is 1. The molecule has 0 saturated carbocycles. The van der Waals surface area contributed by atoms with E-state index < -0.39 is 6.10 Å². The van der Waals surface area contributed by atoms with Crippen LogP contribution in [0.1, 0.15) is 23.7 Å². The Labute approximate surface area is 77.5 Å². The molecule has 0 aliphatic carbocycles. The zero-order valence-corrected chi connectivity index (χ0v) is 7.63. The van der Waals surface area contributed by atoms with E-state index in [4.69, 9.17) is 0 Å². The summed E-state index contributed by atoms with van der Waals surface area (Å²) in [4.78, 5) is 0. The van der Waals surface area contributed by atoms with E-state index in [-0.39, 0.29) is 5.82 Å². The van der Waals surface area contributed by atoms with Gasteiger partial charge in [-0.3, -0.25) is 0 Å². The molecule has 1 unspecified atom stereocenters. The Hall–Kier alpha value is -1.15. The molecule has 1 nitrogen and oxygen atoms in total. The van der Waals surface area contributed by atoms with E-state index in [1.54, 1.807) is 12.1 Å². The molecular weight excluding hydrogens is 167 g/mol. The third kappa shape index (κ3) is 2.39. The maximum Gasteiger partial charge on any atom is 0.123 e. The third-order valence-corrected chi connectivity index (χ3v) is 1.99. The SMILES string of the molecule is C=CCC(O)c1cc(F)ccc1C. The van der Waals surface area contributed by atoms with Crippen LogP contribution >= 0.6 is 0 Å². The maximum atomic E-state index is 12.8. The smallest absolute Gasteiger partial charge is 0.123 e. The van der Waals surface area contributed by atoms with Crippen molar-refractivity contribution >= 4 is 0 Å². The van der Waals surface area contributed by atoms with Crippen LogP contribution in [0.2, 0.25) is 0 Å². The van der Waals surface area contributed by atoms with Gasteiger partial charge in [0.15, 0.2) is 0 Å². The minimum Gasteiger partial charge on any atom is -0.388 e. The number of halogens is 1. The second-order valence-electron chi connectivity index (χ2n) is 3.04. The highest BCUT2D eigenvalue weighted by Gasteiger charge is 2.09. The summed E-state index contributed by atoms with van der Waals surface area (Å²) in [6.07, 6.45) is 1.42. The van der Waals surface area contributed by atoms with Gasteiger partial charge in [-0.05, 0) is 36.6 Å². The standard InChI is InChI=1S/C11H13FO/c1-3-4-11(13)10-7-9(12)6-5-8(10)2/h3,5-7,11,13H,1,4H2,2H3. The molecule has 0 heterocycles. The lowest BCUT2D eigenvalue weighted by Crippen LogP contribution is -1.99. The number of benzene rings is 1. The minimum absolute atomic E-state index is 0.316. The van der Waals surface area contributed by atoms with Crippen LogP contribution in [-0.4, -0.2) is 5.11 Å². The van der Waals surface area contributed by atoms with Crippen molar-refractivity contribution in [3.63, 3.8) is 0 Å². The Kier molecular flexibility index (Phi) is 3.20. The largest absolute Gasteiger partial charge is 0.388 e. The molecule has 0 saturated heterocycles. The molecule has 0 fully saturated rings. The van der Waals surface area contributed by atoms with E-state index in [1.165, 1.54) is 12.1 Å². The molecule has 0 amide bonds. The molecule has 1 aromatic carbocycles. The fraction of sp³-hybridized carbons (Fsp3) is 0.273. The monoisotopic (exact) mass is 180 g/mol. The number of hydrogen-bond donors (Lipinski definition) is 1. The van der Waals surface area contributed by atoms with Crippen molar-refractivity contribution < 1.29 is 9.50 Å². The van der Waals surface area contributed by atoms with Gasteiger partial charge in [-0.25, -0.2) is 4.39 Å². The van der Waals surface area contributed by atoms with Gasteiger partial charge < -0.3 is 5.11 Å². The Morgan fingerprint density at radius 3 is 2.92 bits per heavy atom. The van der Waals surface area contributed by atoms with Crippen molar-refractivity contribution in [1.82, 2.24) is 0 Å². The second kappa shape index (κ2) is 4.19. The number of aliphatic hydroxyl groups excluding tert-OH is 1. The molecule has 2 heteroatoms. The highest BCUT2D eigenvalue weighted by atomic mass is 19.1. The number of rotatable bonds is 3. The van der Waals surface area contributed by atoms with Crippen LogP contribution in [0, 0.1) is 12.7 Å². The summed E-state index contributed by atoms with van der Waals surface area (Å²) in [6.45, 7) is 5.37. The van der Waals surface area contributed by atoms with E-state index in [1.807, 2.05) is 6.92 Å². The third-order valence-electron chi connectivity index (χ3n) is 1.99. The summed E-state index contributed by atoms with van der Waals surface area (Å²) >= 11 is 0. The Morgan fingerprint density at radius 2 is 2.31 bits per heavy atom. The quantitative estimate of drug-likeness (QED) is 0.709. The van der Waals surface area contributed by atoms with Gasteiger partial charge >= 0.3 is 0 Å². The van der Waals surface area contributed by atoms with Crippen LogP contribution in [0.5, 0.6) is 0 Å². The van der Waals surface area contributed by atoms with Gasteiger partial charge in [0.1, 0.15) is 5.82 Å². The summed E-state index contributed by atoms with van der Waals surface area (Å²) in [5, 5.41) is 9.59. The van der Waals surface area contributed by atoms with Crippen molar-refractivity contribution in [3.05, 3.63) is 47.8 Å². The lowest BCUT2D eigenvalue weighted by molar-refractivity contribution is 0.180. The first-order chi connectivity index (χ1) is 6.15. The number of aryl methyl sites for hydroxylation is 1. The molecule has 0 aromatic heterocycles. The van der Waals surface area contributed by atoms with Crippen molar-refractivity contribution in [1.29, 1.82) is 0 Å². The van der Waals surface area contributed by atoms with Gasteiger partial charge in [0.2, 0.25) is 0 Å². The van der Waals surface area contributed by atoms with Gasteiger partial charge in [-0.1, -0.05) is 12.1 Å². The van der Waals surface area contributed by atoms with Crippen molar-refractivity contribution in [3.8, 4) is 0 Å². The fourth-order valence-electron chi connectivity index (χ4n) is 1.26. The van der Waals surface area contributed by atoms with E-state index in [0.29, 0.717) is 12.0 Å². The zero-order chi connectivity index (χ0) is 9.84. The molecule has 0 aliphatic heterocycles. The fourth-order valence-corrected chi connectivity index (χ4v) is 1.26. The van der Waals surface area contributed by atoms with Crippen LogP contribution in [-0.2, 0) is 0 Å². The Balaban J connectivity index is 2.97. The van der Waals surface area contributed by atoms with Gasteiger partial charge in [0.05, 0.1) is 6.10 Å². The molecule has 1 aromatic rings. The molecule has 0 spiro atoms. The summed E-state index contributed by atoms with van der Waals surface area (Å²) in [5.41, 5.74) is 1.54. The molecule has 1 atom stereocenters. The normalized spacial score (nSPS) is 12.5. The number of hydrogen-bond acceptors (Lipinski definition) is 1. The zero-order valence-electron chi connectivity index (χ0n) is 7.63. The predicted octanol–water partition coefficient (Wildman–Crippen LogP) is 2.74.